The molecule has 0 spiro atoms. The Labute approximate surface area is 136 Å². The molecule has 2 aromatic rings. The molecule has 0 heterocycles. The van der Waals surface area contributed by atoms with Crippen LogP contribution in [-0.2, 0) is 4.74 Å². The predicted molar refractivity (Wildman–Crippen MR) is 90.5 cm³/mol. The van der Waals surface area contributed by atoms with Crippen LogP contribution >= 0.6 is 0 Å². The number of aryl methyl sites for hydroxylation is 1. The summed E-state index contributed by atoms with van der Waals surface area (Å²) in [6.07, 6.45) is -0.540. The summed E-state index contributed by atoms with van der Waals surface area (Å²) in [6, 6.07) is 15.1. The number of hydrogen-bond donors (Lipinski definition) is 1. The lowest BCUT2D eigenvalue weighted by atomic mass is 10.1. The van der Waals surface area contributed by atoms with Crippen molar-refractivity contribution >= 4 is 17.6 Å². The Balaban J connectivity index is 2.41. The van der Waals surface area contributed by atoms with E-state index in [4.69, 9.17) is 9.47 Å². The van der Waals surface area contributed by atoms with Crippen LogP contribution in [0.15, 0.2) is 53.5 Å². The van der Waals surface area contributed by atoms with Crippen molar-refractivity contribution in [2.24, 2.45) is 4.99 Å². The van der Waals surface area contributed by atoms with Gasteiger partial charge in [0.25, 0.3) is 0 Å². The average Bonchev–Trinajstić information content (AvgIpc) is 2.55. The molecule has 1 amide bonds. The maximum Gasteiger partial charge on any atom is 0.412 e. The van der Waals surface area contributed by atoms with E-state index in [2.05, 4.69) is 10.3 Å². The minimum Gasteiger partial charge on any atom is -0.494 e. The van der Waals surface area contributed by atoms with Crippen molar-refractivity contribution in [3.05, 3.63) is 59.7 Å². The zero-order valence-electron chi connectivity index (χ0n) is 13.5. The van der Waals surface area contributed by atoms with Gasteiger partial charge in [0.2, 0.25) is 0 Å². The fourth-order valence-corrected chi connectivity index (χ4v) is 1.98. The number of benzene rings is 2. The van der Waals surface area contributed by atoms with Crippen LogP contribution in [0.25, 0.3) is 0 Å². The summed E-state index contributed by atoms with van der Waals surface area (Å²) in [4.78, 5) is 16.3. The molecule has 0 aliphatic carbocycles. The molecule has 0 unspecified atom stereocenters. The zero-order valence-corrected chi connectivity index (χ0v) is 13.5. The summed E-state index contributed by atoms with van der Waals surface area (Å²) >= 11 is 0. The third-order valence-corrected chi connectivity index (χ3v) is 3.14. The minimum atomic E-state index is -0.540. The van der Waals surface area contributed by atoms with E-state index in [9.17, 15) is 4.79 Å². The number of hydrogen-bond acceptors (Lipinski definition) is 4. The summed E-state index contributed by atoms with van der Waals surface area (Å²) in [5.74, 6) is 1.04. The quantitative estimate of drug-likeness (QED) is 0.689. The van der Waals surface area contributed by atoms with Crippen LogP contribution in [0.4, 0.5) is 10.5 Å². The van der Waals surface area contributed by atoms with Crippen LogP contribution in [0.1, 0.15) is 18.1 Å². The number of nitrogens with zero attached hydrogens (tertiary/aromatic N) is 1. The predicted octanol–water partition coefficient (Wildman–Crippen LogP) is 3.83. The number of carbonyl (C=O) groups is 1. The summed E-state index contributed by atoms with van der Waals surface area (Å²) in [5.41, 5.74) is 2.54. The first-order valence-electron chi connectivity index (χ1n) is 7.36. The third kappa shape index (κ3) is 4.57. The first-order valence-corrected chi connectivity index (χ1v) is 7.36. The summed E-state index contributed by atoms with van der Waals surface area (Å²) < 4.78 is 10.3. The summed E-state index contributed by atoms with van der Waals surface area (Å²) in [6.45, 7) is 4.05. The van der Waals surface area contributed by atoms with Gasteiger partial charge in [-0.15, -0.1) is 0 Å². The van der Waals surface area contributed by atoms with Gasteiger partial charge in [-0.25, -0.2) is 9.79 Å². The maximum atomic E-state index is 11.8. The van der Waals surface area contributed by atoms with E-state index in [1.807, 2.05) is 55.5 Å². The normalized spacial score (nSPS) is 11.0. The van der Waals surface area contributed by atoms with Crippen molar-refractivity contribution in [1.82, 2.24) is 5.32 Å². The first-order chi connectivity index (χ1) is 11.1. The van der Waals surface area contributed by atoms with Crippen molar-refractivity contribution < 1.29 is 14.3 Å². The topological polar surface area (TPSA) is 59.9 Å². The third-order valence-electron chi connectivity index (χ3n) is 3.14. The smallest absolute Gasteiger partial charge is 0.412 e. The molecule has 0 aliphatic rings. The van der Waals surface area contributed by atoms with E-state index in [0.717, 1.165) is 11.1 Å². The number of alkyl carbamates (subject to hydrolysis) is 1. The monoisotopic (exact) mass is 312 g/mol. The highest BCUT2D eigenvalue weighted by Gasteiger charge is 2.11. The lowest BCUT2D eigenvalue weighted by Gasteiger charge is -2.11. The van der Waals surface area contributed by atoms with Crippen LogP contribution in [-0.4, -0.2) is 25.6 Å². The van der Waals surface area contributed by atoms with Crippen LogP contribution in [0, 0.1) is 6.92 Å². The average molecular weight is 312 g/mol. The number of amidine groups is 1. The van der Waals surface area contributed by atoms with E-state index < -0.39 is 6.09 Å². The van der Waals surface area contributed by atoms with Gasteiger partial charge in [0.05, 0.1) is 13.7 Å². The Kier molecular flexibility index (Phi) is 5.74. The van der Waals surface area contributed by atoms with Crippen LogP contribution in [0.5, 0.6) is 5.75 Å². The number of carbonyl (C=O) groups excluding carboxylic acids is 1. The number of aliphatic imine (C=N–C) groups is 1. The van der Waals surface area contributed by atoms with E-state index in [1.54, 1.807) is 14.0 Å². The van der Waals surface area contributed by atoms with Gasteiger partial charge >= 0.3 is 6.09 Å². The van der Waals surface area contributed by atoms with Gasteiger partial charge in [-0.05, 0) is 26.0 Å². The van der Waals surface area contributed by atoms with Crippen molar-refractivity contribution in [3.63, 3.8) is 0 Å². The molecule has 120 valence electrons. The number of amides is 1. The number of methoxy groups -OCH3 is 1. The van der Waals surface area contributed by atoms with E-state index >= 15 is 0 Å². The molecule has 0 aliphatic heterocycles. The van der Waals surface area contributed by atoms with Gasteiger partial charge in [0.15, 0.2) is 0 Å². The van der Waals surface area contributed by atoms with Gasteiger partial charge in [0, 0.05) is 5.56 Å². The molecule has 0 bridgehead atoms. The fourth-order valence-electron chi connectivity index (χ4n) is 1.98. The van der Waals surface area contributed by atoms with E-state index in [-0.39, 0.29) is 0 Å². The second kappa shape index (κ2) is 7.98. The van der Waals surface area contributed by atoms with Gasteiger partial charge < -0.3 is 9.47 Å². The molecule has 0 saturated carbocycles. The second-order valence-electron chi connectivity index (χ2n) is 4.84. The second-order valence-corrected chi connectivity index (χ2v) is 4.84. The zero-order chi connectivity index (χ0) is 16.7. The van der Waals surface area contributed by atoms with Crippen LogP contribution in [0.3, 0.4) is 0 Å². The molecule has 0 aromatic heterocycles. The van der Waals surface area contributed by atoms with Crippen LogP contribution < -0.4 is 10.1 Å². The highest BCUT2D eigenvalue weighted by Crippen LogP contribution is 2.27. The van der Waals surface area contributed by atoms with Crippen molar-refractivity contribution in [2.75, 3.05) is 13.7 Å². The molecule has 23 heavy (non-hydrogen) atoms. The van der Waals surface area contributed by atoms with Crippen molar-refractivity contribution in [3.8, 4) is 5.75 Å². The summed E-state index contributed by atoms with van der Waals surface area (Å²) in [7, 11) is 1.58. The largest absolute Gasteiger partial charge is 0.494 e. The highest BCUT2D eigenvalue weighted by atomic mass is 16.5. The Morgan fingerprint density at radius 3 is 2.48 bits per heavy atom. The number of rotatable bonds is 4. The van der Waals surface area contributed by atoms with Crippen LogP contribution in [0.2, 0.25) is 0 Å². The molecule has 1 N–H and O–H groups in total. The van der Waals surface area contributed by atoms with Gasteiger partial charge in [0.1, 0.15) is 17.3 Å². The van der Waals surface area contributed by atoms with Gasteiger partial charge in [-0.1, -0.05) is 42.0 Å². The van der Waals surface area contributed by atoms with Gasteiger partial charge in [-0.3, -0.25) is 5.32 Å². The molecule has 0 fully saturated rings. The molecule has 0 saturated heterocycles. The fraction of sp³-hybridized carbons (Fsp3) is 0.222. The van der Waals surface area contributed by atoms with E-state index in [1.165, 1.54) is 0 Å². The standard InChI is InChI=1S/C18H20N2O3/c1-4-23-18(21)20-17(14-11-9-13(2)10-12-14)19-15-7-5-6-8-16(15)22-3/h5-12H,4H2,1-3H3,(H,19,20,21). The molecule has 0 atom stereocenters. The van der Waals surface area contributed by atoms with E-state index in [0.29, 0.717) is 23.9 Å². The molecule has 5 heteroatoms. The lowest BCUT2D eigenvalue weighted by molar-refractivity contribution is 0.158. The van der Waals surface area contributed by atoms with Crippen molar-refractivity contribution in [2.45, 2.75) is 13.8 Å². The first kappa shape index (κ1) is 16.5. The molecular weight excluding hydrogens is 292 g/mol. The Morgan fingerprint density at radius 2 is 1.83 bits per heavy atom. The van der Waals surface area contributed by atoms with Crippen molar-refractivity contribution in [1.29, 1.82) is 0 Å². The number of nitrogens with one attached hydrogen (secondary N) is 1. The molecule has 2 aromatic carbocycles. The Bertz CT molecular complexity index is 694. The van der Waals surface area contributed by atoms with Gasteiger partial charge in [-0.2, -0.15) is 0 Å². The molecule has 2 rings (SSSR count). The molecule has 5 nitrogen and oxygen atoms in total. The maximum absolute atomic E-state index is 11.8. The lowest BCUT2D eigenvalue weighted by Crippen LogP contribution is -2.31. The SMILES string of the molecule is CCOC(=O)NC(=Nc1ccccc1OC)c1ccc(C)cc1. The number of para-hydroxylation sites is 2. The Morgan fingerprint density at radius 1 is 1.13 bits per heavy atom. The Hall–Kier alpha value is -2.82. The molecule has 0 radical (unpaired) electrons. The highest BCUT2D eigenvalue weighted by molar-refractivity contribution is 6.07. The minimum absolute atomic E-state index is 0.293. The summed E-state index contributed by atoms with van der Waals surface area (Å²) in [5, 5.41) is 2.69. The number of ether oxygens (including phenoxy) is 2. The molecular formula is C18H20N2O3.